The fraction of sp³-hybridized carbons (Fsp3) is 0.250. The van der Waals surface area contributed by atoms with E-state index in [-0.39, 0.29) is 12.0 Å². The van der Waals surface area contributed by atoms with E-state index in [0.717, 1.165) is 12.1 Å². The third kappa shape index (κ3) is 4.53. The van der Waals surface area contributed by atoms with Crippen LogP contribution in [-0.2, 0) is 11.3 Å². The van der Waals surface area contributed by atoms with Crippen LogP contribution in [0.5, 0.6) is 0 Å². The number of hydrogen-bond acceptors (Lipinski definition) is 5. The molecule has 0 amide bonds. The summed E-state index contributed by atoms with van der Waals surface area (Å²) in [6, 6.07) is 25.4. The van der Waals surface area contributed by atoms with Crippen LogP contribution < -0.4 is 5.32 Å². The van der Waals surface area contributed by atoms with Gasteiger partial charge in [0, 0.05) is 19.4 Å². The van der Waals surface area contributed by atoms with Crippen LogP contribution in [0.3, 0.4) is 0 Å². The van der Waals surface area contributed by atoms with E-state index in [1.165, 1.54) is 16.3 Å². The molecule has 5 heteroatoms. The molecule has 0 radical (unpaired) electrons. The van der Waals surface area contributed by atoms with Gasteiger partial charge in [-0.1, -0.05) is 78.0 Å². The van der Waals surface area contributed by atoms with Gasteiger partial charge in [-0.05, 0) is 28.9 Å². The zero-order valence-electron chi connectivity index (χ0n) is 16.7. The van der Waals surface area contributed by atoms with Crippen molar-refractivity contribution in [2.24, 2.45) is 0 Å². The molecule has 1 N–H and O–H groups in total. The average Bonchev–Trinajstić information content (AvgIpc) is 3.18. The number of aryl methyl sites for hydroxylation is 1. The average molecular weight is 387 g/mol. The summed E-state index contributed by atoms with van der Waals surface area (Å²) in [5.74, 6) is 1.23. The Labute approximate surface area is 170 Å². The Hall–Kier alpha value is -3.02. The highest BCUT2D eigenvalue weighted by molar-refractivity contribution is 5.83. The van der Waals surface area contributed by atoms with Crippen LogP contribution in [0.2, 0.25) is 0 Å². The molecular formula is C24H25N3O2. The van der Waals surface area contributed by atoms with Gasteiger partial charge in [-0.3, -0.25) is 0 Å². The molecule has 0 fully saturated rings. The van der Waals surface area contributed by atoms with Crippen molar-refractivity contribution in [1.82, 2.24) is 15.5 Å². The molecular weight excluding hydrogens is 362 g/mol. The zero-order valence-corrected chi connectivity index (χ0v) is 16.7. The predicted octanol–water partition coefficient (Wildman–Crippen LogP) is 4.79. The van der Waals surface area contributed by atoms with E-state index in [9.17, 15) is 0 Å². The molecule has 29 heavy (non-hydrogen) atoms. The van der Waals surface area contributed by atoms with Gasteiger partial charge in [0.15, 0.2) is 5.82 Å². The molecule has 0 spiro atoms. The molecule has 0 aliphatic carbocycles. The second-order valence-electron chi connectivity index (χ2n) is 7.14. The first-order valence-corrected chi connectivity index (χ1v) is 9.83. The maximum atomic E-state index is 6.38. The van der Waals surface area contributed by atoms with Gasteiger partial charge in [0.05, 0.1) is 6.10 Å². The number of hydrogen-bond donors (Lipinski definition) is 1. The molecule has 0 bridgehead atoms. The topological polar surface area (TPSA) is 60.2 Å². The van der Waals surface area contributed by atoms with Crippen LogP contribution in [0, 0.1) is 6.92 Å². The SMILES string of the molecule is CNCC(c1ccc2ccccc2c1)C(OCc1noc(C)n1)c1ccccc1. The number of likely N-dealkylation sites (N-methyl/N-ethyl adjacent to an activating group) is 1. The van der Waals surface area contributed by atoms with Crippen LogP contribution >= 0.6 is 0 Å². The Morgan fingerprint density at radius 1 is 0.931 bits per heavy atom. The van der Waals surface area contributed by atoms with E-state index in [1.807, 2.05) is 25.2 Å². The zero-order chi connectivity index (χ0) is 20.1. The van der Waals surface area contributed by atoms with Crippen LogP contribution in [0.15, 0.2) is 77.3 Å². The summed E-state index contributed by atoms with van der Waals surface area (Å²) in [6.45, 7) is 2.86. The lowest BCUT2D eigenvalue weighted by atomic mass is 9.87. The monoisotopic (exact) mass is 387 g/mol. The van der Waals surface area contributed by atoms with Gasteiger partial charge in [0.1, 0.15) is 6.61 Å². The number of nitrogens with zero attached hydrogens (tertiary/aromatic N) is 2. The molecule has 0 aliphatic rings. The van der Waals surface area contributed by atoms with Crippen LogP contribution in [0.1, 0.15) is 34.9 Å². The fourth-order valence-corrected chi connectivity index (χ4v) is 3.71. The molecule has 1 aromatic heterocycles. The number of rotatable bonds is 8. The van der Waals surface area contributed by atoms with Gasteiger partial charge in [-0.25, -0.2) is 0 Å². The highest BCUT2D eigenvalue weighted by atomic mass is 16.5. The molecule has 0 saturated carbocycles. The largest absolute Gasteiger partial charge is 0.365 e. The molecule has 4 rings (SSSR count). The molecule has 0 saturated heterocycles. The number of fused-ring (bicyclic) bond motifs is 1. The normalized spacial score (nSPS) is 13.4. The number of ether oxygens (including phenoxy) is 1. The van der Waals surface area contributed by atoms with E-state index in [4.69, 9.17) is 9.26 Å². The predicted molar refractivity (Wildman–Crippen MR) is 114 cm³/mol. The van der Waals surface area contributed by atoms with Gasteiger partial charge in [-0.15, -0.1) is 0 Å². The van der Waals surface area contributed by atoms with Crippen molar-refractivity contribution in [3.63, 3.8) is 0 Å². The third-order valence-corrected chi connectivity index (χ3v) is 5.08. The minimum Gasteiger partial charge on any atom is -0.365 e. The van der Waals surface area contributed by atoms with Crippen molar-refractivity contribution < 1.29 is 9.26 Å². The summed E-state index contributed by atoms with van der Waals surface area (Å²) in [6.07, 6.45) is -0.149. The highest BCUT2D eigenvalue weighted by Crippen LogP contribution is 2.35. The molecule has 1 heterocycles. The molecule has 4 aromatic rings. The Bertz CT molecular complexity index is 1060. The fourth-order valence-electron chi connectivity index (χ4n) is 3.71. The molecule has 2 atom stereocenters. The van der Waals surface area contributed by atoms with E-state index in [2.05, 4.69) is 70.1 Å². The molecule has 5 nitrogen and oxygen atoms in total. The van der Waals surface area contributed by atoms with Crippen molar-refractivity contribution in [3.8, 4) is 0 Å². The Morgan fingerprint density at radius 3 is 2.41 bits per heavy atom. The summed E-state index contributed by atoms with van der Waals surface area (Å²) in [5.41, 5.74) is 2.36. The van der Waals surface area contributed by atoms with Crippen molar-refractivity contribution in [3.05, 3.63) is 95.6 Å². The number of nitrogens with one attached hydrogen (secondary N) is 1. The summed E-state index contributed by atoms with van der Waals surface area (Å²) >= 11 is 0. The van der Waals surface area contributed by atoms with Crippen molar-refractivity contribution >= 4 is 10.8 Å². The second kappa shape index (κ2) is 8.99. The highest BCUT2D eigenvalue weighted by Gasteiger charge is 2.26. The smallest absolute Gasteiger partial charge is 0.223 e. The van der Waals surface area contributed by atoms with Crippen molar-refractivity contribution in [2.45, 2.75) is 25.6 Å². The lowest BCUT2D eigenvalue weighted by Crippen LogP contribution is -2.25. The minimum atomic E-state index is -0.149. The summed E-state index contributed by atoms with van der Waals surface area (Å²) < 4.78 is 11.5. The van der Waals surface area contributed by atoms with E-state index < -0.39 is 0 Å². The number of aromatic nitrogens is 2. The van der Waals surface area contributed by atoms with Crippen molar-refractivity contribution in [2.75, 3.05) is 13.6 Å². The molecule has 0 aliphatic heterocycles. The summed E-state index contributed by atoms with van der Waals surface area (Å²) in [4.78, 5) is 4.28. The Balaban J connectivity index is 1.69. The van der Waals surface area contributed by atoms with Gasteiger partial charge in [0.25, 0.3) is 0 Å². The maximum Gasteiger partial charge on any atom is 0.223 e. The lowest BCUT2D eigenvalue weighted by Gasteiger charge is -2.28. The van der Waals surface area contributed by atoms with Crippen molar-refractivity contribution in [1.29, 1.82) is 0 Å². The summed E-state index contributed by atoms with van der Waals surface area (Å²) in [7, 11) is 1.97. The minimum absolute atomic E-state index is 0.125. The van der Waals surface area contributed by atoms with Gasteiger partial charge < -0.3 is 14.6 Å². The molecule has 2 unspecified atom stereocenters. The first-order chi connectivity index (χ1) is 14.2. The van der Waals surface area contributed by atoms with Crippen LogP contribution in [0.25, 0.3) is 10.8 Å². The van der Waals surface area contributed by atoms with Gasteiger partial charge in [-0.2, -0.15) is 4.98 Å². The first-order valence-electron chi connectivity index (χ1n) is 9.83. The lowest BCUT2D eigenvalue weighted by molar-refractivity contribution is 0.0163. The Morgan fingerprint density at radius 2 is 1.69 bits per heavy atom. The maximum absolute atomic E-state index is 6.38. The molecule has 3 aromatic carbocycles. The van der Waals surface area contributed by atoms with E-state index in [0.29, 0.717) is 18.3 Å². The second-order valence-corrected chi connectivity index (χ2v) is 7.14. The first kappa shape index (κ1) is 19.3. The summed E-state index contributed by atoms with van der Waals surface area (Å²) in [5, 5.41) is 9.77. The van der Waals surface area contributed by atoms with E-state index >= 15 is 0 Å². The molecule has 148 valence electrons. The van der Waals surface area contributed by atoms with Crippen LogP contribution in [-0.4, -0.2) is 23.7 Å². The van der Waals surface area contributed by atoms with E-state index in [1.54, 1.807) is 6.92 Å². The van der Waals surface area contributed by atoms with Gasteiger partial charge >= 0.3 is 0 Å². The van der Waals surface area contributed by atoms with Gasteiger partial charge in [0.2, 0.25) is 5.89 Å². The Kier molecular flexibility index (Phi) is 5.98. The quantitative estimate of drug-likeness (QED) is 0.471. The van der Waals surface area contributed by atoms with Crippen LogP contribution in [0.4, 0.5) is 0 Å². The third-order valence-electron chi connectivity index (χ3n) is 5.08. The number of benzene rings is 3. The standard InChI is InChI=1S/C24H25N3O2/c1-17-26-23(27-29-17)16-28-24(19-9-4-3-5-10-19)22(15-25-2)21-13-12-18-8-6-7-11-20(18)14-21/h3-14,22,24-25H,15-16H2,1-2H3.